The zero-order valence-electron chi connectivity index (χ0n) is 9.98. The van der Waals surface area contributed by atoms with Gasteiger partial charge < -0.3 is 5.32 Å². The van der Waals surface area contributed by atoms with Gasteiger partial charge in [-0.2, -0.15) is 4.31 Å². The van der Waals surface area contributed by atoms with Crippen molar-refractivity contribution in [3.05, 3.63) is 12.7 Å². The lowest BCUT2D eigenvalue weighted by atomic mass is 10.0. The predicted molar refractivity (Wildman–Crippen MR) is 66.8 cm³/mol. The molecule has 0 spiro atoms. The SMILES string of the molecule is C=CCN(CC)S(=O)(=O)CC1CCNCC1. The predicted octanol–water partition coefficient (Wildman–Crippen LogP) is 0.824. The summed E-state index contributed by atoms with van der Waals surface area (Å²) < 4.78 is 25.7. The topological polar surface area (TPSA) is 49.4 Å². The van der Waals surface area contributed by atoms with Gasteiger partial charge in [0, 0.05) is 13.1 Å². The molecule has 1 rings (SSSR count). The number of nitrogens with one attached hydrogen (secondary N) is 1. The molecule has 0 saturated carbocycles. The maximum absolute atomic E-state index is 12.1. The third-order valence-corrected chi connectivity index (χ3v) is 5.07. The first-order valence-corrected chi connectivity index (χ1v) is 7.50. The van der Waals surface area contributed by atoms with Crippen LogP contribution in [0.4, 0.5) is 0 Å². The molecule has 0 aromatic rings. The van der Waals surface area contributed by atoms with Gasteiger partial charge in [-0.15, -0.1) is 6.58 Å². The summed E-state index contributed by atoms with van der Waals surface area (Å²) in [6.07, 6.45) is 3.57. The summed E-state index contributed by atoms with van der Waals surface area (Å²) >= 11 is 0. The molecule has 0 bridgehead atoms. The maximum atomic E-state index is 12.1. The zero-order chi connectivity index (χ0) is 12.0. The largest absolute Gasteiger partial charge is 0.317 e. The van der Waals surface area contributed by atoms with E-state index in [1.807, 2.05) is 6.92 Å². The van der Waals surface area contributed by atoms with Crippen molar-refractivity contribution in [2.75, 3.05) is 31.9 Å². The molecule has 1 heterocycles. The van der Waals surface area contributed by atoms with Crippen molar-refractivity contribution in [3.63, 3.8) is 0 Å². The summed E-state index contributed by atoms with van der Waals surface area (Å²) in [6.45, 7) is 8.28. The number of rotatable bonds is 6. The van der Waals surface area contributed by atoms with E-state index in [2.05, 4.69) is 11.9 Å². The first-order chi connectivity index (χ1) is 7.60. The molecule has 0 aromatic heterocycles. The normalized spacial score (nSPS) is 18.9. The lowest BCUT2D eigenvalue weighted by molar-refractivity contribution is 0.387. The van der Waals surface area contributed by atoms with E-state index >= 15 is 0 Å². The summed E-state index contributed by atoms with van der Waals surface area (Å²) in [6, 6.07) is 0. The van der Waals surface area contributed by atoms with E-state index in [4.69, 9.17) is 0 Å². The monoisotopic (exact) mass is 246 g/mol. The highest BCUT2D eigenvalue weighted by molar-refractivity contribution is 7.89. The van der Waals surface area contributed by atoms with Crippen LogP contribution in [0.1, 0.15) is 19.8 Å². The summed E-state index contributed by atoms with van der Waals surface area (Å²) in [7, 11) is -3.10. The lowest BCUT2D eigenvalue weighted by Gasteiger charge is -2.26. The van der Waals surface area contributed by atoms with E-state index in [0.29, 0.717) is 19.0 Å². The molecule has 1 saturated heterocycles. The van der Waals surface area contributed by atoms with Crippen LogP contribution in [0, 0.1) is 5.92 Å². The van der Waals surface area contributed by atoms with Gasteiger partial charge in [0.2, 0.25) is 10.0 Å². The van der Waals surface area contributed by atoms with Crippen LogP contribution >= 0.6 is 0 Å². The molecule has 1 aliphatic heterocycles. The van der Waals surface area contributed by atoms with E-state index in [9.17, 15) is 8.42 Å². The van der Waals surface area contributed by atoms with Crippen LogP contribution in [0.2, 0.25) is 0 Å². The van der Waals surface area contributed by atoms with Crippen LogP contribution in [0.25, 0.3) is 0 Å². The standard InChI is InChI=1S/C11H22N2O2S/c1-3-9-13(4-2)16(14,15)10-11-5-7-12-8-6-11/h3,11-12H,1,4-10H2,2H3. The first-order valence-electron chi connectivity index (χ1n) is 5.89. The molecule has 1 N–H and O–H groups in total. The highest BCUT2D eigenvalue weighted by Gasteiger charge is 2.25. The Bertz CT molecular complexity index is 308. The minimum absolute atomic E-state index is 0.288. The Hall–Kier alpha value is -0.390. The Labute approximate surface area is 98.8 Å². The van der Waals surface area contributed by atoms with Crippen molar-refractivity contribution in [1.82, 2.24) is 9.62 Å². The quantitative estimate of drug-likeness (QED) is 0.706. The third-order valence-electron chi connectivity index (χ3n) is 2.98. The second kappa shape index (κ2) is 6.37. The first kappa shape index (κ1) is 13.7. The van der Waals surface area contributed by atoms with Crippen molar-refractivity contribution in [2.24, 2.45) is 5.92 Å². The minimum atomic E-state index is -3.10. The molecular weight excluding hydrogens is 224 g/mol. The van der Waals surface area contributed by atoms with E-state index in [0.717, 1.165) is 25.9 Å². The molecule has 94 valence electrons. The highest BCUT2D eigenvalue weighted by Crippen LogP contribution is 2.16. The van der Waals surface area contributed by atoms with Crippen LogP contribution < -0.4 is 5.32 Å². The Kier molecular flexibility index (Phi) is 5.44. The van der Waals surface area contributed by atoms with Gasteiger partial charge in [-0.3, -0.25) is 0 Å². The molecule has 16 heavy (non-hydrogen) atoms. The molecule has 0 aromatic carbocycles. The number of piperidine rings is 1. The second-order valence-corrected chi connectivity index (χ2v) is 6.22. The van der Waals surface area contributed by atoms with Gasteiger partial charge >= 0.3 is 0 Å². The zero-order valence-corrected chi connectivity index (χ0v) is 10.8. The van der Waals surface area contributed by atoms with Gasteiger partial charge in [-0.1, -0.05) is 13.0 Å². The van der Waals surface area contributed by atoms with Gasteiger partial charge in [0.05, 0.1) is 5.75 Å². The van der Waals surface area contributed by atoms with Crippen molar-refractivity contribution in [1.29, 1.82) is 0 Å². The molecular formula is C11H22N2O2S. The summed E-state index contributed by atoms with van der Waals surface area (Å²) in [5, 5.41) is 3.24. The highest BCUT2D eigenvalue weighted by atomic mass is 32.2. The van der Waals surface area contributed by atoms with E-state index in [-0.39, 0.29) is 5.75 Å². The molecule has 0 aliphatic carbocycles. The van der Waals surface area contributed by atoms with Crippen LogP contribution in [-0.4, -0.2) is 44.7 Å². The van der Waals surface area contributed by atoms with E-state index < -0.39 is 10.0 Å². The van der Waals surface area contributed by atoms with E-state index in [1.165, 1.54) is 4.31 Å². The Morgan fingerprint density at radius 2 is 2.06 bits per heavy atom. The molecule has 0 atom stereocenters. The van der Waals surface area contributed by atoms with Crippen LogP contribution in [0.5, 0.6) is 0 Å². The maximum Gasteiger partial charge on any atom is 0.214 e. The molecule has 0 radical (unpaired) electrons. The average molecular weight is 246 g/mol. The Balaban J connectivity index is 2.57. The fourth-order valence-corrected chi connectivity index (χ4v) is 3.90. The van der Waals surface area contributed by atoms with Crippen molar-refractivity contribution in [2.45, 2.75) is 19.8 Å². The van der Waals surface area contributed by atoms with Crippen molar-refractivity contribution >= 4 is 10.0 Å². The molecule has 1 aliphatic rings. The average Bonchev–Trinajstić information content (AvgIpc) is 2.26. The van der Waals surface area contributed by atoms with Gasteiger partial charge in [-0.25, -0.2) is 8.42 Å². The van der Waals surface area contributed by atoms with Crippen molar-refractivity contribution in [3.8, 4) is 0 Å². The summed E-state index contributed by atoms with van der Waals surface area (Å²) in [5.41, 5.74) is 0. The number of hydrogen-bond acceptors (Lipinski definition) is 3. The molecule has 0 amide bonds. The molecule has 1 fully saturated rings. The molecule has 4 nitrogen and oxygen atoms in total. The fourth-order valence-electron chi connectivity index (χ4n) is 2.03. The third kappa shape index (κ3) is 3.88. The van der Waals surface area contributed by atoms with Gasteiger partial charge in [0.25, 0.3) is 0 Å². The molecule has 0 unspecified atom stereocenters. The fraction of sp³-hybridized carbons (Fsp3) is 0.818. The van der Waals surface area contributed by atoms with Crippen LogP contribution in [0.3, 0.4) is 0 Å². The summed E-state index contributed by atoms with van der Waals surface area (Å²) in [4.78, 5) is 0. The van der Waals surface area contributed by atoms with E-state index in [1.54, 1.807) is 6.08 Å². The summed E-state index contributed by atoms with van der Waals surface area (Å²) in [5.74, 6) is 0.598. The lowest BCUT2D eigenvalue weighted by Crippen LogP contribution is -2.38. The minimum Gasteiger partial charge on any atom is -0.317 e. The molecule has 5 heteroatoms. The number of likely N-dealkylation sites (N-methyl/N-ethyl adjacent to an activating group) is 1. The second-order valence-electron chi connectivity index (χ2n) is 4.21. The Morgan fingerprint density at radius 3 is 2.56 bits per heavy atom. The number of hydrogen-bond donors (Lipinski definition) is 1. The smallest absolute Gasteiger partial charge is 0.214 e. The van der Waals surface area contributed by atoms with Crippen LogP contribution in [0.15, 0.2) is 12.7 Å². The van der Waals surface area contributed by atoms with Crippen molar-refractivity contribution < 1.29 is 8.42 Å². The number of nitrogens with zero attached hydrogens (tertiary/aromatic N) is 1. The van der Waals surface area contributed by atoms with Gasteiger partial charge in [-0.05, 0) is 31.8 Å². The Morgan fingerprint density at radius 1 is 1.44 bits per heavy atom. The number of sulfonamides is 1. The van der Waals surface area contributed by atoms with Gasteiger partial charge in [0.1, 0.15) is 0 Å². The van der Waals surface area contributed by atoms with Crippen LogP contribution in [-0.2, 0) is 10.0 Å². The van der Waals surface area contributed by atoms with Gasteiger partial charge in [0.15, 0.2) is 0 Å².